The number of methoxy groups -OCH3 is 2. The first kappa shape index (κ1) is 13.6. The molecule has 0 amide bonds. The Hall–Kier alpha value is -3.01. The topological polar surface area (TPSA) is 35.8 Å². The summed E-state index contributed by atoms with van der Waals surface area (Å²) < 4.78 is 12.7. The molecule has 0 saturated heterocycles. The molecule has 4 aromatic rings. The summed E-state index contributed by atoms with van der Waals surface area (Å²) in [5, 5.41) is 2.33. The molecule has 4 heteroatoms. The number of fused-ring (bicyclic) bond motifs is 3. The SMILES string of the molecule is COc1ccc(-c2cn3ccc4ccccc4c3n2)cc1OC. The van der Waals surface area contributed by atoms with Crippen molar-refractivity contribution in [1.29, 1.82) is 0 Å². The van der Waals surface area contributed by atoms with Gasteiger partial charge in [-0.25, -0.2) is 4.98 Å². The highest BCUT2D eigenvalue weighted by Crippen LogP contribution is 2.32. The summed E-state index contributed by atoms with van der Waals surface area (Å²) in [4.78, 5) is 4.81. The molecule has 0 aliphatic heterocycles. The summed E-state index contributed by atoms with van der Waals surface area (Å²) in [6, 6.07) is 16.2. The molecule has 0 fully saturated rings. The molecule has 114 valence electrons. The largest absolute Gasteiger partial charge is 0.493 e. The van der Waals surface area contributed by atoms with E-state index in [4.69, 9.17) is 14.5 Å². The molecule has 0 bridgehead atoms. The Bertz CT molecular complexity index is 1000. The smallest absolute Gasteiger partial charge is 0.161 e. The van der Waals surface area contributed by atoms with Gasteiger partial charge in [-0.15, -0.1) is 0 Å². The molecule has 2 heterocycles. The van der Waals surface area contributed by atoms with Gasteiger partial charge in [0.15, 0.2) is 11.5 Å². The van der Waals surface area contributed by atoms with E-state index in [0.717, 1.165) is 22.3 Å². The van der Waals surface area contributed by atoms with Crippen LogP contribution in [0.2, 0.25) is 0 Å². The van der Waals surface area contributed by atoms with Crippen LogP contribution in [0, 0.1) is 0 Å². The summed E-state index contributed by atoms with van der Waals surface area (Å²) in [5.41, 5.74) is 2.85. The van der Waals surface area contributed by atoms with Gasteiger partial charge in [-0.2, -0.15) is 0 Å². The molecule has 23 heavy (non-hydrogen) atoms. The maximum atomic E-state index is 5.38. The van der Waals surface area contributed by atoms with Crippen molar-refractivity contribution in [1.82, 2.24) is 9.38 Å². The van der Waals surface area contributed by atoms with Crippen LogP contribution in [0.1, 0.15) is 0 Å². The van der Waals surface area contributed by atoms with Crippen LogP contribution in [0.5, 0.6) is 11.5 Å². The average Bonchev–Trinajstić information content (AvgIpc) is 3.05. The monoisotopic (exact) mass is 304 g/mol. The quantitative estimate of drug-likeness (QED) is 0.570. The number of imidazole rings is 1. The molecular formula is C19H16N2O2. The van der Waals surface area contributed by atoms with E-state index in [1.165, 1.54) is 5.39 Å². The van der Waals surface area contributed by atoms with E-state index in [0.29, 0.717) is 11.5 Å². The van der Waals surface area contributed by atoms with Crippen LogP contribution in [0.25, 0.3) is 27.7 Å². The van der Waals surface area contributed by atoms with Gasteiger partial charge >= 0.3 is 0 Å². The van der Waals surface area contributed by atoms with Crippen LogP contribution >= 0.6 is 0 Å². The Kier molecular flexibility index (Phi) is 3.15. The van der Waals surface area contributed by atoms with Crippen molar-refractivity contribution in [3.63, 3.8) is 0 Å². The maximum Gasteiger partial charge on any atom is 0.161 e. The van der Waals surface area contributed by atoms with Gasteiger partial charge in [-0.05, 0) is 29.7 Å². The molecule has 0 saturated carbocycles. The lowest BCUT2D eigenvalue weighted by Gasteiger charge is -2.08. The normalized spacial score (nSPS) is 11.0. The summed E-state index contributed by atoms with van der Waals surface area (Å²) in [6.45, 7) is 0. The van der Waals surface area contributed by atoms with Crippen LogP contribution in [-0.4, -0.2) is 23.6 Å². The van der Waals surface area contributed by atoms with Crippen molar-refractivity contribution in [3.8, 4) is 22.8 Å². The van der Waals surface area contributed by atoms with Gasteiger partial charge in [0.2, 0.25) is 0 Å². The molecule has 0 spiro atoms. The van der Waals surface area contributed by atoms with Crippen molar-refractivity contribution in [2.45, 2.75) is 0 Å². The standard InChI is InChI=1S/C19H16N2O2/c1-22-17-8-7-14(11-18(17)23-2)16-12-21-10-9-13-5-3-4-6-15(13)19(21)20-16/h3-12H,1-2H3. The van der Waals surface area contributed by atoms with Crippen LogP contribution in [0.4, 0.5) is 0 Å². The van der Waals surface area contributed by atoms with Crippen LogP contribution < -0.4 is 9.47 Å². The van der Waals surface area contributed by atoms with Gasteiger partial charge in [0.1, 0.15) is 5.65 Å². The molecule has 0 atom stereocenters. The Labute approximate surface area is 133 Å². The van der Waals surface area contributed by atoms with E-state index >= 15 is 0 Å². The van der Waals surface area contributed by atoms with Crippen LogP contribution in [0.3, 0.4) is 0 Å². The fraction of sp³-hybridized carbons (Fsp3) is 0.105. The zero-order valence-electron chi connectivity index (χ0n) is 13.0. The summed E-state index contributed by atoms with van der Waals surface area (Å²) in [5.74, 6) is 1.41. The molecule has 2 aromatic carbocycles. The first-order valence-electron chi connectivity index (χ1n) is 7.39. The zero-order chi connectivity index (χ0) is 15.8. The Balaban J connectivity index is 1.91. The number of nitrogens with zero attached hydrogens (tertiary/aromatic N) is 2. The summed E-state index contributed by atoms with van der Waals surface area (Å²) in [6.07, 6.45) is 4.07. The summed E-state index contributed by atoms with van der Waals surface area (Å²) >= 11 is 0. The first-order valence-corrected chi connectivity index (χ1v) is 7.39. The second kappa shape index (κ2) is 5.32. The number of pyridine rings is 1. The lowest BCUT2D eigenvalue weighted by atomic mass is 10.1. The van der Waals surface area contributed by atoms with Crippen molar-refractivity contribution in [2.24, 2.45) is 0 Å². The molecule has 4 nitrogen and oxygen atoms in total. The second-order valence-electron chi connectivity index (χ2n) is 5.33. The van der Waals surface area contributed by atoms with Gasteiger partial charge in [-0.1, -0.05) is 24.3 Å². The van der Waals surface area contributed by atoms with E-state index in [9.17, 15) is 0 Å². The number of benzene rings is 2. The molecule has 0 radical (unpaired) electrons. The number of rotatable bonds is 3. The van der Waals surface area contributed by atoms with E-state index < -0.39 is 0 Å². The van der Waals surface area contributed by atoms with E-state index in [-0.39, 0.29) is 0 Å². The molecule has 0 aliphatic carbocycles. The summed E-state index contributed by atoms with van der Waals surface area (Å²) in [7, 11) is 3.27. The number of aromatic nitrogens is 2. The minimum Gasteiger partial charge on any atom is -0.493 e. The van der Waals surface area contributed by atoms with E-state index in [1.807, 2.05) is 47.1 Å². The highest BCUT2D eigenvalue weighted by Gasteiger charge is 2.10. The van der Waals surface area contributed by atoms with Crippen molar-refractivity contribution < 1.29 is 9.47 Å². The molecule has 0 unspecified atom stereocenters. The van der Waals surface area contributed by atoms with Crippen molar-refractivity contribution >= 4 is 16.4 Å². The Morgan fingerprint density at radius 1 is 0.913 bits per heavy atom. The van der Waals surface area contributed by atoms with Crippen LogP contribution in [0.15, 0.2) is 60.9 Å². The average molecular weight is 304 g/mol. The maximum absolute atomic E-state index is 5.38. The molecule has 4 rings (SSSR count). The Morgan fingerprint density at radius 3 is 2.57 bits per heavy atom. The second-order valence-corrected chi connectivity index (χ2v) is 5.33. The van der Waals surface area contributed by atoms with Gasteiger partial charge in [0, 0.05) is 23.3 Å². The lowest BCUT2D eigenvalue weighted by Crippen LogP contribution is -1.90. The van der Waals surface area contributed by atoms with Crippen LogP contribution in [-0.2, 0) is 0 Å². The number of hydrogen-bond acceptors (Lipinski definition) is 3. The molecule has 0 aliphatic rings. The predicted molar refractivity (Wildman–Crippen MR) is 91.2 cm³/mol. The van der Waals surface area contributed by atoms with Crippen molar-refractivity contribution in [3.05, 3.63) is 60.9 Å². The molecular weight excluding hydrogens is 288 g/mol. The van der Waals surface area contributed by atoms with E-state index in [1.54, 1.807) is 14.2 Å². The Morgan fingerprint density at radius 2 is 1.74 bits per heavy atom. The highest BCUT2D eigenvalue weighted by atomic mass is 16.5. The number of ether oxygens (including phenoxy) is 2. The molecule has 2 aromatic heterocycles. The lowest BCUT2D eigenvalue weighted by molar-refractivity contribution is 0.355. The fourth-order valence-electron chi connectivity index (χ4n) is 2.85. The van der Waals surface area contributed by atoms with Crippen molar-refractivity contribution in [2.75, 3.05) is 14.2 Å². The van der Waals surface area contributed by atoms with Gasteiger partial charge in [0.25, 0.3) is 0 Å². The minimum atomic E-state index is 0.701. The number of hydrogen-bond donors (Lipinski definition) is 0. The van der Waals surface area contributed by atoms with Gasteiger partial charge in [0.05, 0.1) is 19.9 Å². The fourth-order valence-corrected chi connectivity index (χ4v) is 2.85. The zero-order valence-corrected chi connectivity index (χ0v) is 13.0. The predicted octanol–water partition coefficient (Wildman–Crippen LogP) is 4.17. The first-order chi connectivity index (χ1) is 11.3. The van der Waals surface area contributed by atoms with E-state index in [2.05, 4.69) is 18.2 Å². The molecule has 0 N–H and O–H groups in total. The van der Waals surface area contributed by atoms with Gasteiger partial charge < -0.3 is 13.9 Å². The minimum absolute atomic E-state index is 0.701. The third kappa shape index (κ3) is 2.19. The van der Waals surface area contributed by atoms with Gasteiger partial charge in [-0.3, -0.25) is 0 Å². The third-order valence-electron chi connectivity index (χ3n) is 4.03. The highest BCUT2D eigenvalue weighted by molar-refractivity contribution is 5.94. The third-order valence-corrected chi connectivity index (χ3v) is 4.03.